The zero-order chi connectivity index (χ0) is 22.8. The average molecular weight is 479 g/mol. The minimum absolute atomic E-state index is 1.32. The second-order valence-electron chi connectivity index (χ2n) is 9.67. The van der Waals surface area contributed by atoms with Crippen molar-refractivity contribution in [3.8, 4) is 10.4 Å². The van der Waals surface area contributed by atoms with Crippen molar-refractivity contribution in [1.82, 2.24) is 0 Å². The van der Waals surface area contributed by atoms with E-state index in [-0.39, 0.29) is 0 Å². The molecule has 7 aromatic carbocycles. The first-order chi connectivity index (χ1) is 17.3. The summed E-state index contributed by atoms with van der Waals surface area (Å²) in [6.07, 6.45) is 0. The number of benzene rings is 7. The Kier molecular flexibility index (Phi) is 3.34. The van der Waals surface area contributed by atoms with Crippen molar-refractivity contribution >= 4 is 96.7 Å². The molecule has 0 radical (unpaired) electrons. The van der Waals surface area contributed by atoms with Crippen LogP contribution in [0.1, 0.15) is 4.88 Å². The number of hydrogen-bond donors (Lipinski definition) is 0. The first-order valence-electron chi connectivity index (χ1n) is 12.0. The van der Waals surface area contributed by atoms with E-state index >= 15 is 0 Å². The van der Waals surface area contributed by atoms with E-state index in [4.69, 9.17) is 0 Å². The number of hydrogen-bond acceptors (Lipinski definition) is 2. The first-order valence-corrected chi connectivity index (χ1v) is 13.7. The van der Waals surface area contributed by atoms with Gasteiger partial charge < -0.3 is 0 Å². The van der Waals surface area contributed by atoms with E-state index in [0.717, 1.165) is 0 Å². The molecule has 2 aromatic heterocycles. The summed E-state index contributed by atoms with van der Waals surface area (Å²) in [7, 11) is 0. The molecule has 0 amide bonds. The third-order valence-corrected chi connectivity index (χ3v) is 10.2. The zero-order valence-electron chi connectivity index (χ0n) is 19.0. The molecular weight excluding hydrogens is 460 g/mol. The lowest BCUT2D eigenvalue weighted by Crippen LogP contribution is -1.87. The normalized spacial score (nSPS) is 12.7. The molecule has 0 aliphatic heterocycles. The minimum Gasteiger partial charge on any atom is -0.140 e. The topological polar surface area (TPSA) is 0 Å². The molecule has 0 unspecified atom stereocenters. The van der Waals surface area contributed by atoms with Gasteiger partial charge in [-0.05, 0) is 62.1 Å². The van der Waals surface area contributed by atoms with Crippen LogP contribution in [0.15, 0.2) is 91.0 Å². The SMILES string of the molecule is Cc1sc2cccc3c4c(-c5ccc6ccc7cccc8ccc5c6c78)sc5cccc(c1c23)c54. The molecule has 0 nitrogen and oxygen atoms in total. The van der Waals surface area contributed by atoms with E-state index in [1.807, 2.05) is 22.7 Å². The van der Waals surface area contributed by atoms with E-state index in [1.54, 1.807) is 0 Å². The molecular formula is C33H18S2. The van der Waals surface area contributed by atoms with Gasteiger partial charge in [0.1, 0.15) is 0 Å². The van der Waals surface area contributed by atoms with Gasteiger partial charge in [-0.1, -0.05) is 78.9 Å². The molecule has 2 heteroatoms. The summed E-state index contributed by atoms with van der Waals surface area (Å²) in [5, 5.41) is 16.6. The van der Waals surface area contributed by atoms with Crippen molar-refractivity contribution in [3.63, 3.8) is 0 Å². The molecule has 35 heavy (non-hydrogen) atoms. The fourth-order valence-corrected chi connectivity index (χ4v) is 8.92. The second-order valence-corrected chi connectivity index (χ2v) is 12.0. The highest BCUT2D eigenvalue weighted by molar-refractivity contribution is 7.24. The number of aryl methyl sites for hydroxylation is 1. The van der Waals surface area contributed by atoms with Crippen LogP contribution in [0.4, 0.5) is 0 Å². The third-order valence-electron chi connectivity index (χ3n) is 7.92. The average Bonchev–Trinajstić information content (AvgIpc) is 3.45. The lowest BCUT2D eigenvalue weighted by molar-refractivity contribution is 1.71. The van der Waals surface area contributed by atoms with Crippen LogP contribution in [0.3, 0.4) is 0 Å². The maximum Gasteiger partial charge on any atom is 0.0440 e. The fourth-order valence-electron chi connectivity index (χ4n) is 6.54. The molecule has 0 aliphatic carbocycles. The van der Waals surface area contributed by atoms with Crippen LogP contribution in [0.25, 0.3) is 84.5 Å². The molecule has 9 rings (SSSR count). The molecule has 162 valence electrons. The van der Waals surface area contributed by atoms with Crippen molar-refractivity contribution in [2.45, 2.75) is 6.92 Å². The highest BCUT2D eigenvalue weighted by Crippen LogP contribution is 2.52. The quantitative estimate of drug-likeness (QED) is 0.163. The van der Waals surface area contributed by atoms with Crippen LogP contribution in [0.2, 0.25) is 0 Å². The number of thiophene rings is 2. The molecule has 9 aromatic rings. The monoisotopic (exact) mass is 478 g/mol. The Labute approximate surface area is 209 Å². The Morgan fingerprint density at radius 3 is 1.83 bits per heavy atom. The Hall–Kier alpha value is -3.72. The maximum atomic E-state index is 2.36. The third kappa shape index (κ3) is 2.18. The standard InChI is InChI=1S/C33H18S2/c1-17-27-23-7-3-10-26-31(23)32(24-8-4-9-25(34-17)30(24)27)33(35-26)22-16-14-20-12-11-18-5-2-6-19-13-15-21(22)29(20)28(18)19/h2-16H,1H3. The summed E-state index contributed by atoms with van der Waals surface area (Å²) in [5.41, 5.74) is 1.35. The van der Waals surface area contributed by atoms with Crippen molar-refractivity contribution in [3.05, 3.63) is 95.9 Å². The highest BCUT2D eigenvalue weighted by Gasteiger charge is 2.22. The van der Waals surface area contributed by atoms with Crippen molar-refractivity contribution in [2.75, 3.05) is 0 Å². The molecule has 0 saturated carbocycles. The summed E-state index contributed by atoms with van der Waals surface area (Å²) < 4.78 is 2.77. The van der Waals surface area contributed by atoms with Gasteiger partial charge in [-0.15, -0.1) is 22.7 Å². The van der Waals surface area contributed by atoms with Crippen LogP contribution in [0.5, 0.6) is 0 Å². The van der Waals surface area contributed by atoms with Crippen molar-refractivity contribution in [2.24, 2.45) is 0 Å². The molecule has 0 atom stereocenters. The van der Waals surface area contributed by atoms with E-state index in [2.05, 4.69) is 97.9 Å². The Morgan fingerprint density at radius 2 is 1.03 bits per heavy atom. The highest BCUT2D eigenvalue weighted by atomic mass is 32.1. The van der Waals surface area contributed by atoms with E-state index in [1.165, 1.54) is 89.4 Å². The predicted octanol–water partition coefficient (Wildman–Crippen LogP) is 10.7. The van der Waals surface area contributed by atoms with E-state index in [0.29, 0.717) is 0 Å². The van der Waals surface area contributed by atoms with Gasteiger partial charge in [-0.25, -0.2) is 0 Å². The Bertz CT molecular complexity index is 2260. The van der Waals surface area contributed by atoms with Crippen LogP contribution >= 0.6 is 22.7 Å². The Balaban J connectivity index is 1.54. The van der Waals surface area contributed by atoms with Gasteiger partial charge in [0.25, 0.3) is 0 Å². The predicted molar refractivity (Wildman–Crippen MR) is 157 cm³/mol. The van der Waals surface area contributed by atoms with Crippen LogP contribution in [-0.4, -0.2) is 0 Å². The molecule has 0 saturated heterocycles. The molecule has 0 fully saturated rings. The van der Waals surface area contributed by atoms with Crippen LogP contribution in [-0.2, 0) is 0 Å². The first kappa shape index (κ1) is 18.6. The molecule has 0 aliphatic rings. The second kappa shape index (κ2) is 6.28. The van der Waals surface area contributed by atoms with Crippen LogP contribution in [0, 0.1) is 6.92 Å². The largest absolute Gasteiger partial charge is 0.140 e. The van der Waals surface area contributed by atoms with Crippen molar-refractivity contribution < 1.29 is 0 Å². The van der Waals surface area contributed by atoms with Gasteiger partial charge >= 0.3 is 0 Å². The smallest absolute Gasteiger partial charge is 0.0440 e. The summed E-state index contributed by atoms with van der Waals surface area (Å²) in [6, 6.07) is 34.3. The van der Waals surface area contributed by atoms with Gasteiger partial charge in [-0.3, -0.25) is 0 Å². The van der Waals surface area contributed by atoms with Gasteiger partial charge in [0.05, 0.1) is 0 Å². The van der Waals surface area contributed by atoms with E-state index in [9.17, 15) is 0 Å². The summed E-state index contributed by atoms with van der Waals surface area (Å²) in [5.74, 6) is 0. The van der Waals surface area contributed by atoms with Gasteiger partial charge in [0, 0.05) is 46.3 Å². The maximum absolute atomic E-state index is 2.36. The number of rotatable bonds is 1. The Morgan fingerprint density at radius 1 is 0.429 bits per heavy atom. The minimum atomic E-state index is 1.32. The molecule has 0 bridgehead atoms. The summed E-state index contributed by atoms with van der Waals surface area (Å²) in [4.78, 5) is 2.81. The molecule has 0 N–H and O–H groups in total. The number of fused-ring (bicyclic) bond motifs is 2. The lowest BCUT2D eigenvalue weighted by Gasteiger charge is -2.14. The van der Waals surface area contributed by atoms with Gasteiger partial charge in [0.2, 0.25) is 0 Å². The van der Waals surface area contributed by atoms with E-state index < -0.39 is 0 Å². The molecule has 2 heterocycles. The van der Waals surface area contributed by atoms with Gasteiger partial charge in [0.15, 0.2) is 0 Å². The lowest BCUT2D eigenvalue weighted by atomic mass is 9.89. The summed E-state index contributed by atoms with van der Waals surface area (Å²) in [6.45, 7) is 2.28. The fraction of sp³-hybridized carbons (Fsp3) is 0.0303. The van der Waals surface area contributed by atoms with Gasteiger partial charge in [-0.2, -0.15) is 0 Å². The van der Waals surface area contributed by atoms with Crippen molar-refractivity contribution in [1.29, 1.82) is 0 Å². The zero-order valence-corrected chi connectivity index (χ0v) is 20.6. The van der Waals surface area contributed by atoms with Crippen LogP contribution < -0.4 is 0 Å². The molecule has 0 spiro atoms. The summed E-state index contributed by atoms with van der Waals surface area (Å²) >= 11 is 3.88.